The number of phenolic OH excluding ortho intramolecular Hbond substituents is 1. The van der Waals surface area contributed by atoms with Crippen molar-refractivity contribution in [2.45, 2.75) is 6.92 Å². The Morgan fingerprint density at radius 3 is 1.94 bits per heavy atom. The van der Waals surface area contributed by atoms with Crippen molar-refractivity contribution in [3.05, 3.63) is 48.0 Å². The van der Waals surface area contributed by atoms with Crippen molar-refractivity contribution >= 4 is 11.4 Å². The summed E-state index contributed by atoms with van der Waals surface area (Å²) < 4.78 is 4.80. The summed E-state index contributed by atoms with van der Waals surface area (Å²) in [6.45, 7) is 2.04. The second kappa shape index (κ2) is 6.39. The molecule has 0 heterocycles. The van der Waals surface area contributed by atoms with Crippen molar-refractivity contribution in [1.29, 1.82) is 0 Å². The Balaban J connectivity index is 0.000000184. The molecular formula is C14H18N2O2. The number of phenols is 1. The molecule has 0 aliphatic rings. The fourth-order valence-corrected chi connectivity index (χ4v) is 1.26. The van der Waals surface area contributed by atoms with Gasteiger partial charge in [-0.25, -0.2) is 0 Å². The van der Waals surface area contributed by atoms with E-state index in [0.717, 1.165) is 5.69 Å². The van der Waals surface area contributed by atoms with E-state index in [2.05, 4.69) is 0 Å². The van der Waals surface area contributed by atoms with Crippen LogP contribution >= 0.6 is 0 Å². The van der Waals surface area contributed by atoms with Gasteiger partial charge in [-0.15, -0.1) is 0 Å². The van der Waals surface area contributed by atoms with E-state index in [4.69, 9.17) is 21.3 Å². The third-order valence-electron chi connectivity index (χ3n) is 2.28. The van der Waals surface area contributed by atoms with Crippen molar-refractivity contribution in [2.24, 2.45) is 0 Å². The summed E-state index contributed by atoms with van der Waals surface area (Å²) in [7, 11) is 1.48. The van der Waals surface area contributed by atoms with E-state index in [1.165, 1.54) is 18.7 Å². The molecule has 96 valence electrons. The number of hydrogen-bond donors (Lipinski definition) is 3. The van der Waals surface area contributed by atoms with Crippen molar-refractivity contribution in [2.75, 3.05) is 18.6 Å². The highest BCUT2D eigenvalue weighted by atomic mass is 16.5. The first-order valence-electron chi connectivity index (χ1n) is 5.47. The molecule has 0 aliphatic heterocycles. The lowest BCUT2D eigenvalue weighted by Gasteiger charge is -2.02. The van der Waals surface area contributed by atoms with Crippen molar-refractivity contribution in [1.82, 2.24) is 0 Å². The number of ether oxygens (including phenoxy) is 1. The molecule has 18 heavy (non-hydrogen) atoms. The van der Waals surface area contributed by atoms with Gasteiger partial charge >= 0.3 is 0 Å². The smallest absolute Gasteiger partial charge is 0.162 e. The summed E-state index contributed by atoms with van der Waals surface area (Å²) in [6, 6.07) is 12.5. The standard InChI is InChI=1S/C7H9NO2.C7H9N/c1-10-7-4-5(8)2-3-6(7)9;1-6-2-4-7(8)5-3-6/h2-4,9H,8H2,1H3;2-5H,8H2,1H3. The third-order valence-corrected chi connectivity index (χ3v) is 2.28. The zero-order valence-corrected chi connectivity index (χ0v) is 10.6. The lowest BCUT2D eigenvalue weighted by molar-refractivity contribution is 0.374. The Kier molecular flexibility index (Phi) is 4.87. The first kappa shape index (κ1) is 13.7. The summed E-state index contributed by atoms with van der Waals surface area (Å²) in [5.74, 6) is 0.511. The van der Waals surface area contributed by atoms with Gasteiger partial charge in [-0.3, -0.25) is 0 Å². The summed E-state index contributed by atoms with van der Waals surface area (Å²) in [5, 5.41) is 9.05. The average molecular weight is 246 g/mol. The van der Waals surface area contributed by atoms with Crippen LogP contribution in [-0.2, 0) is 0 Å². The number of rotatable bonds is 1. The Bertz CT molecular complexity index is 475. The second-order valence-electron chi connectivity index (χ2n) is 3.84. The van der Waals surface area contributed by atoms with Crippen LogP contribution in [0, 0.1) is 6.92 Å². The third kappa shape index (κ3) is 4.25. The summed E-state index contributed by atoms with van der Waals surface area (Å²) in [5.41, 5.74) is 13.5. The Morgan fingerprint density at radius 1 is 0.944 bits per heavy atom. The molecule has 0 amide bonds. The van der Waals surface area contributed by atoms with Gasteiger partial charge in [0.15, 0.2) is 11.5 Å². The van der Waals surface area contributed by atoms with Gasteiger partial charge in [0.2, 0.25) is 0 Å². The fraction of sp³-hybridized carbons (Fsp3) is 0.143. The van der Waals surface area contributed by atoms with Gasteiger partial charge in [0.1, 0.15) is 0 Å². The van der Waals surface area contributed by atoms with Crippen molar-refractivity contribution < 1.29 is 9.84 Å². The summed E-state index contributed by atoms with van der Waals surface area (Å²) >= 11 is 0. The topological polar surface area (TPSA) is 81.5 Å². The van der Waals surface area contributed by atoms with Crippen LogP contribution in [0.25, 0.3) is 0 Å². The number of anilines is 2. The van der Waals surface area contributed by atoms with Crippen LogP contribution in [0.15, 0.2) is 42.5 Å². The zero-order valence-electron chi connectivity index (χ0n) is 10.6. The Morgan fingerprint density at radius 2 is 1.50 bits per heavy atom. The maximum Gasteiger partial charge on any atom is 0.162 e. The van der Waals surface area contributed by atoms with E-state index in [0.29, 0.717) is 11.4 Å². The number of aromatic hydroxyl groups is 1. The minimum atomic E-state index is 0.108. The maximum atomic E-state index is 9.05. The molecule has 0 atom stereocenters. The summed E-state index contributed by atoms with van der Waals surface area (Å²) in [6.07, 6.45) is 0. The molecule has 0 saturated carbocycles. The number of methoxy groups -OCH3 is 1. The van der Waals surface area contributed by atoms with Crippen molar-refractivity contribution in [3.63, 3.8) is 0 Å². The van der Waals surface area contributed by atoms with E-state index in [9.17, 15) is 0 Å². The molecule has 2 aromatic rings. The number of nitrogens with two attached hydrogens (primary N) is 2. The van der Waals surface area contributed by atoms with Gasteiger partial charge in [0.25, 0.3) is 0 Å². The van der Waals surface area contributed by atoms with E-state index >= 15 is 0 Å². The minimum absolute atomic E-state index is 0.108. The predicted octanol–water partition coefficient (Wildman–Crippen LogP) is 2.56. The van der Waals surface area contributed by atoms with Crippen LogP contribution in [-0.4, -0.2) is 12.2 Å². The van der Waals surface area contributed by atoms with E-state index < -0.39 is 0 Å². The first-order valence-corrected chi connectivity index (χ1v) is 5.47. The van der Waals surface area contributed by atoms with Crippen LogP contribution < -0.4 is 16.2 Å². The largest absolute Gasteiger partial charge is 0.504 e. The molecule has 0 aromatic heterocycles. The van der Waals surface area contributed by atoms with Gasteiger partial charge < -0.3 is 21.3 Å². The molecule has 0 spiro atoms. The molecule has 0 fully saturated rings. The molecule has 4 nitrogen and oxygen atoms in total. The Labute approximate surface area is 107 Å². The minimum Gasteiger partial charge on any atom is -0.504 e. The van der Waals surface area contributed by atoms with Crippen LogP contribution in [0.3, 0.4) is 0 Å². The normalized spacial score (nSPS) is 9.22. The highest BCUT2D eigenvalue weighted by molar-refractivity contribution is 5.51. The van der Waals surface area contributed by atoms with Gasteiger partial charge in [0.05, 0.1) is 7.11 Å². The quantitative estimate of drug-likeness (QED) is 0.533. The lowest BCUT2D eigenvalue weighted by atomic mass is 10.2. The molecule has 4 heteroatoms. The number of hydrogen-bond acceptors (Lipinski definition) is 4. The molecule has 2 rings (SSSR count). The molecule has 0 unspecified atom stereocenters. The molecular weight excluding hydrogens is 228 g/mol. The lowest BCUT2D eigenvalue weighted by Crippen LogP contribution is -1.87. The van der Waals surface area contributed by atoms with Gasteiger partial charge in [-0.1, -0.05) is 17.7 Å². The summed E-state index contributed by atoms with van der Waals surface area (Å²) in [4.78, 5) is 0. The molecule has 2 aromatic carbocycles. The van der Waals surface area contributed by atoms with Crippen molar-refractivity contribution in [3.8, 4) is 11.5 Å². The Hall–Kier alpha value is -2.36. The fourth-order valence-electron chi connectivity index (χ4n) is 1.26. The maximum absolute atomic E-state index is 9.05. The zero-order chi connectivity index (χ0) is 13.5. The highest BCUT2D eigenvalue weighted by Gasteiger charge is 1.98. The monoisotopic (exact) mass is 246 g/mol. The number of nitrogen functional groups attached to an aromatic ring is 2. The van der Waals surface area contributed by atoms with E-state index in [-0.39, 0.29) is 5.75 Å². The number of aryl methyl sites for hydroxylation is 1. The van der Waals surface area contributed by atoms with Crippen LogP contribution in [0.2, 0.25) is 0 Å². The van der Waals surface area contributed by atoms with Crippen LogP contribution in [0.5, 0.6) is 11.5 Å². The van der Waals surface area contributed by atoms with Crippen LogP contribution in [0.4, 0.5) is 11.4 Å². The predicted molar refractivity (Wildman–Crippen MR) is 74.7 cm³/mol. The molecule has 0 radical (unpaired) electrons. The first-order chi connectivity index (χ1) is 8.52. The molecule has 0 aliphatic carbocycles. The average Bonchev–Trinajstić information content (AvgIpc) is 2.37. The van der Waals surface area contributed by atoms with E-state index in [1.807, 2.05) is 31.2 Å². The SMILES string of the molecule is COc1cc(N)ccc1O.Cc1ccc(N)cc1. The van der Waals surface area contributed by atoms with Gasteiger partial charge in [-0.2, -0.15) is 0 Å². The number of benzene rings is 2. The van der Waals surface area contributed by atoms with Gasteiger partial charge in [0, 0.05) is 17.4 Å². The second-order valence-corrected chi connectivity index (χ2v) is 3.84. The van der Waals surface area contributed by atoms with E-state index in [1.54, 1.807) is 12.1 Å². The molecule has 0 bridgehead atoms. The van der Waals surface area contributed by atoms with Crippen LogP contribution in [0.1, 0.15) is 5.56 Å². The molecule has 5 N–H and O–H groups in total. The van der Waals surface area contributed by atoms with Gasteiger partial charge in [-0.05, 0) is 31.2 Å². The molecule has 0 saturated heterocycles. The highest BCUT2D eigenvalue weighted by Crippen LogP contribution is 2.26.